The van der Waals surface area contributed by atoms with E-state index in [-0.39, 0.29) is 5.56 Å². The van der Waals surface area contributed by atoms with Crippen LogP contribution in [0.2, 0.25) is 0 Å². The highest BCUT2D eigenvalue weighted by Crippen LogP contribution is 2.28. The Kier molecular flexibility index (Phi) is 5.07. The lowest BCUT2D eigenvalue weighted by Gasteiger charge is -2.10. The number of benzene rings is 1. The van der Waals surface area contributed by atoms with Crippen LogP contribution in [-0.4, -0.2) is 30.6 Å². The number of rotatable bonds is 6. The predicted molar refractivity (Wildman–Crippen MR) is 109 cm³/mol. The van der Waals surface area contributed by atoms with Crippen LogP contribution in [0, 0.1) is 0 Å². The number of nitrogens with zero attached hydrogens (tertiary/aromatic N) is 4. The first-order chi connectivity index (χ1) is 13.7. The van der Waals surface area contributed by atoms with Gasteiger partial charge < -0.3 is 9.67 Å². The summed E-state index contributed by atoms with van der Waals surface area (Å²) in [6, 6.07) is 8.97. The van der Waals surface area contributed by atoms with Crippen molar-refractivity contribution in [3.63, 3.8) is 0 Å². The highest BCUT2D eigenvalue weighted by atomic mass is 32.1. The second-order valence-corrected chi connectivity index (χ2v) is 6.99. The first-order valence-corrected chi connectivity index (χ1v) is 9.42. The summed E-state index contributed by atoms with van der Waals surface area (Å²) >= 11 is 1.56. The van der Waals surface area contributed by atoms with Crippen LogP contribution in [0.3, 0.4) is 0 Å². The zero-order valence-electron chi connectivity index (χ0n) is 14.8. The van der Waals surface area contributed by atoms with Gasteiger partial charge in [-0.2, -0.15) is 0 Å². The molecule has 138 valence electrons. The van der Waals surface area contributed by atoms with E-state index in [0.717, 1.165) is 21.7 Å². The molecule has 0 saturated heterocycles. The van der Waals surface area contributed by atoms with Gasteiger partial charge in [-0.05, 0) is 35.4 Å². The Hall–Kier alpha value is -3.58. The van der Waals surface area contributed by atoms with Crippen molar-refractivity contribution < 1.29 is 9.90 Å². The molecule has 0 aliphatic rings. The highest BCUT2D eigenvalue weighted by molar-refractivity contribution is 7.10. The Morgan fingerprint density at radius 2 is 2.11 bits per heavy atom. The van der Waals surface area contributed by atoms with E-state index in [1.807, 2.05) is 40.4 Å². The van der Waals surface area contributed by atoms with E-state index in [0.29, 0.717) is 12.1 Å². The Morgan fingerprint density at radius 1 is 1.18 bits per heavy atom. The molecule has 0 spiro atoms. The minimum atomic E-state index is -0.965. The molecule has 7 heteroatoms. The number of aromatic nitrogens is 4. The number of hydrogen-bond donors (Lipinski definition) is 1. The normalized spacial score (nSPS) is 11.5. The average Bonchev–Trinajstić information content (AvgIpc) is 3.42. The molecule has 0 unspecified atom stereocenters. The number of carboxylic acids is 1. The van der Waals surface area contributed by atoms with Crippen molar-refractivity contribution in [2.75, 3.05) is 0 Å². The molecular weight excluding hydrogens is 372 g/mol. The van der Waals surface area contributed by atoms with Crippen LogP contribution in [-0.2, 0) is 6.54 Å². The summed E-state index contributed by atoms with van der Waals surface area (Å²) in [4.78, 5) is 24.3. The summed E-state index contributed by atoms with van der Waals surface area (Å²) in [5, 5.41) is 12.4. The molecule has 0 bridgehead atoms. The van der Waals surface area contributed by atoms with E-state index >= 15 is 0 Å². The van der Waals surface area contributed by atoms with Crippen molar-refractivity contribution in [1.82, 2.24) is 19.5 Å². The molecule has 28 heavy (non-hydrogen) atoms. The number of allylic oxidation sites excluding steroid dienone is 1. The van der Waals surface area contributed by atoms with Crippen molar-refractivity contribution in [2.45, 2.75) is 6.54 Å². The number of aromatic carboxylic acids is 1. The third kappa shape index (κ3) is 3.89. The Labute approximate surface area is 165 Å². The maximum Gasteiger partial charge on any atom is 0.336 e. The molecule has 3 heterocycles. The average molecular weight is 388 g/mol. The Bertz CT molecular complexity index is 1100. The van der Waals surface area contributed by atoms with Crippen LogP contribution >= 0.6 is 11.3 Å². The van der Waals surface area contributed by atoms with E-state index in [4.69, 9.17) is 0 Å². The molecule has 0 aliphatic carbocycles. The molecule has 3 aromatic heterocycles. The summed E-state index contributed by atoms with van der Waals surface area (Å²) in [7, 11) is 0. The highest BCUT2D eigenvalue weighted by Gasteiger charge is 2.13. The summed E-state index contributed by atoms with van der Waals surface area (Å²) in [6.07, 6.45) is 12.5. The van der Waals surface area contributed by atoms with Crippen LogP contribution in [0.4, 0.5) is 0 Å². The lowest BCUT2D eigenvalue weighted by Crippen LogP contribution is -2.01. The molecule has 1 aromatic carbocycles. The SMILES string of the molecule is O=C(O)c1ccc(/C=C(/Cn2ccnc2)c2nccs2)cc1-c1cccnc1. The summed E-state index contributed by atoms with van der Waals surface area (Å²) in [5.41, 5.74) is 3.56. The smallest absolute Gasteiger partial charge is 0.336 e. The zero-order chi connectivity index (χ0) is 19.3. The number of carboxylic acid groups (broad SMARTS) is 1. The van der Waals surface area contributed by atoms with Crippen molar-refractivity contribution in [1.29, 1.82) is 0 Å². The van der Waals surface area contributed by atoms with E-state index in [2.05, 4.69) is 15.0 Å². The standard InChI is InChI=1S/C21H16N4O2S/c26-21(27)18-4-3-15(11-19(18)16-2-1-5-22-12-16)10-17(20-24-7-9-28-20)13-25-8-6-23-14-25/h1-12,14H,13H2,(H,26,27)/b17-10-. The van der Waals surface area contributed by atoms with Gasteiger partial charge in [0.1, 0.15) is 5.01 Å². The fourth-order valence-corrected chi connectivity index (χ4v) is 3.58. The van der Waals surface area contributed by atoms with Crippen molar-refractivity contribution in [3.05, 3.63) is 89.2 Å². The Morgan fingerprint density at radius 3 is 2.79 bits per heavy atom. The van der Waals surface area contributed by atoms with Gasteiger partial charge >= 0.3 is 5.97 Å². The van der Waals surface area contributed by atoms with Crippen molar-refractivity contribution in [3.8, 4) is 11.1 Å². The third-order valence-electron chi connectivity index (χ3n) is 4.21. The van der Waals surface area contributed by atoms with Crippen LogP contribution in [0.25, 0.3) is 22.8 Å². The summed E-state index contributed by atoms with van der Waals surface area (Å²) in [6.45, 7) is 0.621. The molecule has 0 atom stereocenters. The maximum atomic E-state index is 11.7. The van der Waals surface area contributed by atoms with Crippen molar-refractivity contribution >= 4 is 29.0 Å². The quantitative estimate of drug-likeness (QED) is 0.531. The van der Waals surface area contributed by atoms with Gasteiger partial charge in [-0.15, -0.1) is 11.3 Å². The minimum Gasteiger partial charge on any atom is -0.478 e. The zero-order valence-corrected chi connectivity index (χ0v) is 15.6. The summed E-state index contributed by atoms with van der Waals surface area (Å²) < 4.78 is 1.97. The molecular formula is C21H16N4O2S. The molecule has 1 N–H and O–H groups in total. The van der Waals surface area contributed by atoms with E-state index in [1.54, 1.807) is 54.6 Å². The molecule has 0 fully saturated rings. The molecule has 0 radical (unpaired) electrons. The molecule has 0 amide bonds. The predicted octanol–water partition coefficient (Wildman–Crippen LogP) is 4.34. The molecule has 6 nitrogen and oxygen atoms in total. The minimum absolute atomic E-state index is 0.246. The fraction of sp³-hybridized carbons (Fsp3) is 0.0476. The number of thiazole rings is 1. The molecule has 0 saturated carbocycles. The van der Waals surface area contributed by atoms with Gasteiger partial charge in [-0.3, -0.25) is 4.98 Å². The van der Waals surface area contributed by atoms with E-state index < -0.39 is 5.97 Å². The van der Waals surface area contributed by atoms with Gasteiger partial charge in [0.15, 0.2) is 0 Å². The third-order valence-corrected chi connectivity index (χ3v) is 5.06. The second kappa shape index (κ2) is 7.98. The maximum absolute atomic E-state index is 11.7. The molecule has 0 aliphatic heterocycles. The lowest BCUT2D eigenvalue weighted by molar-refractivity contribution is 0.0697. The Balaban J connectivity index is 1.79. The number of pyridine rings is 1. The van der Waals surface area contributed by atoms with Gasteiger partial charge in [-0.25, -0.2) is 14.8 Å². The fourth-order valence-electron chi connectivity index (χ4n) is 2.93. The first-order valence-electron chi connectivity index (χ1n) is 8.54. The van der Waals surface area contributed by atoms with E-state index in [1.165, 1.54) is 0 Å². The van der Waals surface area contributed by atoms with Gasteiger partial charge in [0.2, 0.25) is 0 Å². The first kappa shape index (κ1) is 17.8. The number of hydrogen-bond acceptors (Lipinski definition) is 5. The monoisotopic (exact) mass is 388 g/mol. The number of carbonyl (C=O) groups is 1. The van der Waals surface area contributed by atoms with Gasteiger partial charge in [0.05, 0.1) is 18.4 Å². The van der Waals surface area contributed by atoms with Crippen LogP contribution in [0.5, 0.6) is 0 Å². The van der Waals surface area contributed by atoms with Gasteiger partial charge in [-0.1, -0.05) is 12.1 Å². The van der Waals surface area contributed by atoms with Gasteiger partial charge in [0.25, 0.3) is 0 Å². The van der Waals surface area contributed by atoms with Crippen LogP contribution in [0.1, 0.15) is 20.9 Å². The van der Waals surface area contributed by atoms with Crippen LogP contribution in [0.15, 0.2) is 73.0 Å². The largest absolute Gasteiger partial charge is 0.478 e. The topological polar surface area (TPSA) is 80.9 Å². The lowest BCUT2D eigenvalue weighted by atomic mass is 9.97. The number of imidazole rings is 1. The summed E-state index contributed by atoms with van der Waals surface area (Å²) in [5.74, 6) is -0.965. The van der Waals surface area contributed by atoms with Gasteiger partial charge in [0, 0.05) is 47.5 Å². The second-order valence-electron chi connectivity index (χ2n) is 6.09. The van der Waals surface area contributed by atoms with Crippen molar-refractivity contribution in [2.24, 2.45) is 0 Å². The molecule has 4 aromatic rings. The van der Waals surface area contributed by atoms with E-state index in [9.17, 15) is 9.90 Å². The van der Waals surface area contributed by atoms with Crippen LogP contribution < -0.4 is 0 Å². The molecule has 4 rings (SSSR count).